The first-order valence-corrected chi connectivity index (χ1v) is 9.73. The van der Waals surface area contributed by atoms with E-state index >= 15 is 0 Å². The number of carbonyl (C=O) groups is 1. The predicted molar refractivity (Wildman–Crippen MR) is 94.2 cm³/mol. The highest BCUT2D eigenvalue weighted by Gasteiger charge is 2.57. The summed E-state index contributed by atoms with van der Waals surface area (Å²) in [6.07, 6.45) is 12.8. The second-order valence-electron chi connectivity index (χ2n) is 7.45. The maximum absolute atomic E-state index is 12.6. The Morgan fingerprint density at radius 1 is 1.17 bits per heavy atom. The standard InChI is InChI=1S/C19H36N2O2/c1-3-23-17-15-16(19(17)12-8-6-9-13-19)21(2)18(22)11-7-4-5-10-14-20/h16-17H,3-15,20H2,1-2H3. The lowest BCUT2D eigenvalue weighted by molar-refractivity contribution is -0.185. The molecule has 0 aliphatic heterocycles. The quantitative estimate of drug-likeness (QED) is 0.661. The molecular weight excluding hydrogens is 288 g/mol. The van der Waals surface area contributed by atoms with Crippen LogP contribution in [-0.4, -0.2) is 43.2 Å². The van der Waals surface area contributed by atoms with E-state index in [-0.39, 0.29) is 5.41 Å². The van der Waals surface area contributed by atoms with E-state index in [1.165, 1.54) is 32.1 Å². The fourth-order valence-electron chi connectivity index (χ4n) is 4.69. The van der Waals surface area contributed by atoms with Crippen LogP contribution in [0.2, 0.25) is 0 Å². The Kier molecular flexibility index (Phi) is 7.35. The maximum Gasteiger partial charge on any atom is 0.222 e. The smallest absolute Gasteiger partial charge is 0.222 e. The first-order chi connectivity index (χ1) is 11.2. The van der Waals surface area contributed by atoms with Crippen LogP contribution in [-0.2, 0) is 9.53 Å². The molecule has 0 aromatic rings. The number of rotatable bonds is 9. The van der Waals surface area contributed by atoms with Crippen LogP contribution in [0, 0.1) is 5.41 Å². The second kappa shape index (κ2) is 9.03. The van der Waals surface area contributed by atoms with Gasteiger partial charge in [-0.1, -0.05) is 32.1 Å². The number of hydrogen-bond donors (Lipinski definition) is 1. The van der Waals surface area contributed by atoms with Crippen LogP contribution in [0.5, 0.6) is 0 Å². The molecule has 0 radical (unpaired) electrons. The van der Waals surface area contributed by atoms with E-state index in [1.54, 1.807) is 0 Å². The molecule has 0 heterocycles. The molecule has 2 aliphatic carbocycles. The first kappa shape index (κ1) is 18.7. The SMILES string of the molecule is CCOC1CC(N(C)C(=O)CCCCCCN)C12CCCCC2. The van der Waals surface area contributed by atoms with Crippen LogP contribution in [0.4, 0.5) is 0 Å². The molecule has 0 saturated heterocycles. The Balaban J connectivity index is 1.85. The third-order valence-corrected chi connectivity index (χ3v) is 6.10. The largest absolute Gasteiger partial charge is 0.378 e. The third kappa shape index (κ3) is 4.27. The van der Waals surface area contributed by atoms with Crippen molar-refractivity contribution in [2.45, 2.75) is 89.7 Å². The molecule has 2 unspecified atom stereocenters. The van der Waals surface area contributed by atoms with Gasteiger partial charge in [-0.05, 0) is 45.6 Å². The summed E-state index contributed by atoms with van der Waals surface area (Å²) in [7, 11) is 2.02. The number of carbonyl (C=O) groups excluding carboxylic acids is 1. The van der Waals surface area contributed by atoms with Gasteiger partial charge in [0.2, 0.25) is 5.91 Å². The van der Waals surface area contributed by atoms with Gasteiger partial charge < -0.3 is 15.4 Å². The molecule has 134 valence electrons. The highest BCUT2D eigenvalue weighted by Crippen LogP contribution is 2.55. The number of nitrogens with two attached hydrogens (primary N) is 1. The molecule has 2 N–H and O–H groups in total. The summed E-state index contributed by atoms with van der Waals surface area (Å²) in [6.45, 7) is 3.63. The van der Waals surface area contributed by atoms with Gasteiger partial charge in [0.05, 0.1) is 6.10 Å². The number of hydrogen-bond acceptors (Lipinski definition) is 3. The molecule has 1 amide bonds. The monoisotopic (exact) mass is 324 g/mol. The van der Waals surface area contributed by atoms with Gasteiger partial charge in [-0.3, -0.25) is 4.79 Å². The van der Waals surface area contributed by atoms with Gasteiger partial charge in [0, 0.05) is 31.5 Å². The molecule has 0 bridgehead atoms. The molecule has 2 atom stereocenters. The fourth-order valence-corrected chi connectivity index (χ4v) is 4.69. The molecule has 2 rings (SSSR count). The molecular formula is C19H36N2O2. The van der Waals surface area contributed by atoms with Crippen LogP contribution in [0.25, 0.3) is 0 Å². The van der Waals surface area contributed by atoms with Gasteiger partial charge in [-0.25, -0.2) is 0 Å². The fraction of sp³-hybridized carbons (Fsp3) is 0.947. The summed E-state index contributed by atoms with van der Waals surface area (Å²) in [4.78, 5) is 14.6. The molecule has 4 heteroatoms. The summed E-state index contributed by atoms with van der Waals surface area (Å²) in [5, 5.41) is 0. The first-order valence-electron chi connectivity index (χ1n) is 9.73. The van der Waals surface area contributed by atoms with E-state index < -0.39 is 0 Å². The average Bonchev–Trinajstić information content (AvgIpc) is 2.58. The van der Waals surface area contributed by atoms with Gasteiger partial charge in [0.1, 0.15) is 0 Å². The Morgan fingerprint density at radius 2 is 1.87 bits per heavy atom. The summed E-state index contributed by atoms with van der Waals surface area (Å²) in [6, 6.07) is 0.399. The zero-order valence-corrected chi connectivity index (χ0v) is 15.2. The summed E-state index contributed by atoms with van der Waals surface area (Å²) in [5.74, 6) is 0.322. The number of nitrogens with zero attached hydrogens (tertiary/aromatic N) is 1. The zero-order chi connectivity index (χ0) is 16.7. The van der Waals surface area contributed by atoms with Gasteiger partial charge in [0.15, 0.2) is 0 Å². The van der Waals surface area contributed by atoms with Gasteiger partial charge in [-0.2, -0.15) is 0 Å². The minimum atomic E-state index is 0.248. The van der Waals surface area contributed by atoms with Crippen LogP contribution >= 0.6 is 0 Å². The number of unbranched alkanes of at least 4 members (excludes halogenated alkanes) is 3. The molecule has 4 nitrogen and oxygen atoms in total. The molecule has 2 aliphatic rings. The average molecular weight is 325 g/mol. The van der Waals surface area contributed by atoms with Crippen molar-refractivity contribution in [3.8, 4) is 0 Å². The van der Waals surface area contributed by atoms with E-state index in [4.69, 9.17) is 10.5 Å². The second-order valence-corrected chi connectivity index (χ2v) is 7.45. The van der Waals surface area contributed by atoms with Crippen molar-refractivity contribution in [3.05, 3.63) is 0 Å². The predicted octanol–water partition coefficient (Wildman–Crippen LogP) is 3.48. The van der Waals surface area contributed by atoms with E-state index in [1.807, 2.05) is 7.05 Å². The highest BCUT2D eigenvalue weighted by atomic mass is 16.5. The van der Waals surface area contributed by atoms with Crippen LogP contribution < -0.4 is 5.73 Å². The van der Waals surface area contributed by atoms with E-state index in [2.05, 4.69) is 11.8 Å². The lowest BCUT2D eigenvalue weighted by Gasteiger charge is -2.60. The maximum atomic E-state index is 12.6. The topological polar surface area (TPSA) is 55.6 Å². The molecule has 2 saturated carbocycles. The Morgan fingerprint density at radius 3 is 2.52 bits per heavy atom. The van der Waals surface area contributed by atoms with Gasteiger partial charge in [0.25, 0.3) is 0 Å². The van der Waals surface area contributed by atoms with E-state index in [0.717, 1.165) is 45.3 Å². The van der Waals surface area contributed by atoms with E-state index in [9.17, 15) is 4.79 Å². The van der Waals surface area contributed by atoms with Gasteiger partial charge >= 0.3 is 0 Å². The van der Waals surface area contributed by atoms with Gasteiger partial charge in [-0.15, -0.1) is 0 Å². The molecule has 2 fully saturated rings. The Labute approximate surface area is 142 Å². The van der Waals surface area contributed by atoms with Crippen molar-refractivity contribution < 1.29 is 9.53 Å². The van der Waals surface area contributed by atoms with Crippen LogP contribution in [0.3, 0.4) is 0 Å². The Bertz CT molecular complexity index is 366. The number of amides is 1. The van der Waals surface area contributed by atoms with Crippen LogP contribution in [0.1, 0.15) is 77.6 Å². The summed E-state index contributed by atoms with van der Waals surface area (Å²) < 4.78 is 6.01. The van der Waals surface area contributed by atoms with Crippen molar-refractivity contribution in [3.63, 3.8) is 0 Å². The van der Waals surface area contributed by atoms with Crippen molar-refractivity contribution in [2.24, 2.45) is 11.1 Å². The third-order valence-electron chi connectivity index (χ3n) is 6.10. The normalized spacial score (nSPS) is 26.0. The van der Waals surface area contributed by atoms with Crippen molar-refractivity contribution in [1.29, 1.82) is 0 Å². The van der Waals surface area contributed by atoms with E-state index in [0.29, 0.717) is 24.5 Å². The van der Waals surface area contributed by atoms with Crippen molar-refractivity contribution in [1.82, 2.24) is 4.90 Å². The molecule has 1 spiro atoms. The zero-order valence-electron chi connectivity index (χ0n) is 15.2. The summed E-state index contributed by atoms with van der Waals surface area (Å²) >= 11 is 0. The van der Waals surface area contributed by atoms with Crippen molar-refractivity contribution in [2.75, 3.05) is 20.2 Å². The lowest BCUT2D eigenvalue weighted by Crippen LogP contribution is -2.65. The minimum absolute atomic E-state index is 0.248. The van der Waals surface area contributed by atoms with Crippen LogP contribution in [0.15, 0.2) is 0 Å². The molecule has 0 aromatic carbocycles. The van der Waals surface area contributed by atoms with Crippen molar-refractivity contribution >= 4 is 5.91 Å². The summed E-state index contributed by atoms with van der Waals surface area (Å²) in [5.41, 5.74) is 5.76. The highest BCUT2D eigenvalue weighted by molar-refractivity contribution is 5.76. The molecule has 23 heavy (non-hydrogen) atoms. The lowest BCUT2D eigenvalue weighted by atomic mass is 9.54. The number of ether oxygens (including phenoxy) is 1. The minimum Gasteiger partial charge on any atom is -0.378 e. The Hall–Kier alpha value is -0.610. The molecule has 0 aromatic heterocycles.